The van der Waals surface area contributed by atoms with Crippen molar-refractivity contribution >= 4 is 28.7 Å². The van der Waals surface area contributed by atoms with Gasteiger partial charge in [0.05, 0.1) is 22.3 Å². The van der Waals surface area contributed by atoms with Crippen LogP contribution in [-0.4, -0.2) is 19.6 Å². The molecule has 0 amide bonds. The number of nitro benzene ring substituents is 1. The first-order valence-electron chi connectivity index (χ1n) is 10.5. The van der Waals surface area contributed by atoms with Crippen molar-refractivity contribution in [3.8, 4) is 5.69 Å². The Balaban J connectivity index is 1.66. The SMILES string of the molecule is Cc1ccc(N2C(=S)N[C@@H](c3ccccn3)[C@@H]2c2cccn2-c2cccc([N+](=O)[O-])c2)cc1. The van der Waals surface area contributed by atoms with Crippen molar-refractivity contribution in [2.45, 2.75) is 19.0 Å². The summed E-state index contributed by atoms with van der Waals surface area (Å²) in [5.41, 5.74) is 4.70. The van der Waals surface area contributed by atoms with Crippen LogP contribution in [-0.2, 0) is 0 Å². The third-order valence-electron chi connectivity index (χ3n) is 5.81. The minimum absolute atomic E-state index is 0.0453. The van der Waals surface area contributed by atoms with Gasteiger partial charge in [0.2, 0.25) is 0 Å². The van der Waals surface area contributed by atoms with Crippen LogP contribution in [0.1, 0.15) is 29.0 Å². The molecule has 0 saturated carbocycles. The molecule has 1 aliphatic rings. The minimum atomic E-state index is -0.381. The van der Waals surface area contributed by atoms with Crippen molar-refractivity contribution < 1.29 is 4.92 Å². The van der Waals surface area contributed by atoms with Crippen molar-refractivity contribution in [1.29, 1.82) is 0 Å². The third kappa shape index (κ3) is 3.85. The molecular formula is C25H21N5O2S. The zero-order valence-electron chi connectivity index (χ0n) is 17.8. The molecule has 3 heterocycles. The molecule has 1 aliphatic heterocycles. The van der Waals surface area contributed by atoms with Crippen molar-refractivity contribution in [2.24, 2.45) is 0 Å². The van der Waals surface area contributed by atoms with E-state index >= 15 is 0 Å². The molecule has 0 spiro atoms. The Morgan fingerprint density at radius 2 is 1.82 bits per heavy atom. The number of anilines is 1. The Morgan fingerprint density at radius 3 is 2.55 bits per heavy atom. The van der Waals surface area contributed by atoms with Crippen LogP contribution >= 0.6 is 12.2 Å². The number of aromatic nitrogens is 2. The third-order valence-corrected chi connectivity index (χ3v) is 6.13. The van der Waals surface area contributed by atoms with E-state index in [0.717, 1.165) is 22.6 Å². The topological polar surface area (TPSA) is 76.2 Å². The molecule has 2 aromatic carbocycles. The molecule has 33 heavy (non-hydrogen) atoms. The van der Waals surface area contributed by atoms with E-state index in [-0.39, 0.29) is 22.7 Å². The molecule has 1 saturated heterocycles. The summed E-state index contributed by atoms with van der Waals surface area (Å²) in [6.45, 7) is 2.05. The number of rotatable bonds is 5. The van der Waals surface area contributed by atoms with Gasteiger partial charge in [0.1, 0.15) is 6.04 Å². The van der Waals surface area contributed by atoms with E-state index < -0.39 is 0 Å². The highest BCUT2D eigenvalue weighted by atomic mass is 32.1. The van der Waals surface area contributed by atoms with Gasteiger partial charge in [-0.15, -0.1) is 0 Å². The highest BCUT2D eigenvalue weighted by molar-refractivity contribution is 7.80. The van der Waals surface area contributed by atoms with E-state index in [0.29, 0.717) is 10.8 Å². The summed E-state index contributed by atoms with van der Waals surface area (Å²) in [4.78, 5) is 17.7. The number of non-ortho nitro benzene ring substituents is 1. The highest BCUT2D eigenvalue weighted by Gasteiger charge is 2.42. The van der Waals surface area contributed by atoms with Crippen molar-refractivity contribution in [3.05, 3.63) is 118 Å². The number of thiocarbonyl (C=S) groups is 1. The first kappa shape index (κ1) is 20.8. The first-order chi connectivity index (χ1) is 16.0. The van der Waals surface area contributed by atoms with Gasteiger partial charge >= 0.3 is 0 Å². The number of pyridine rings is 1. The Kier molecular flexibility index (Phi) is 5.35. The number of benzene rings is 2. The molecule has 1 fully saturated rings. The van der Waals surface area contributed by atoms with Crippen LogP contribution in [0.2, 0.25) is 0 Å². The summed E-state index contributed by atoms with van der Waals surface area (Å²) in [6, 6.07) is 24.2. The number of aryl methyl sites for hydroxylation is 1. The monoisotopic (exact) mass is 455 g/mol. The number of hydrogen-bond donors (Lipinski definition) is 1. The van der Waals surface area contributed by atoms with Crippen LogP contribution in [0, 0.1) is 17.0 Å². The normalized spacial score (nSPS) is 17.7. The van der Waals surface area contributed by atoms with Crippen LogP contribution < -0.4 is 10.2 Å². The molecule has 2 aromatic heterocycles. The molecule has 0 radical (unpaired) electrons. The zero-order chi connectivity index (χ0) is 22.9. The standard InChI is InChI=1S/C25H21N5O2S/c1-17-10-12-18(13-11-17)29-24(23(27-25(29)33)21-8-2-3-14-26-21)22-9-5-15-28(22)19-6-4-7-20(16-19)30(31)32/h2-16,23-24H,1H3,(H,27,33)/t23-,24-/m0/s1. The van der Waals surface area contributed by atoms with Crippen molar-refractivity contribution in [1.82, 2.24) is 14.9 Å². The Bertz CT molecular complexity index is 1320. The summed E-state index contributed by atoms with van der Waals surface area (Å²) in [5, 5.41) is 15.4. The minimum Gasteiger partial charge on any atom is -0.351 e. The molecule has 0 aliphatic carbocycles. The molecule has 5 rings (SSSR count). The molecule has 0 bridgehead atoms. The number of nitro groups is 1. The van der Waals surface area contributed by atoms with E-state index in [9.17, 15) is 10.1 Å². The highest BCUT2D eigenvalue weighted by Crippen LogP contribution is 2.42. The lowest BCUT2D eigenvalue weighted by molar-refractivity contribution is -0.384. The average Bonchev–Trinajstić information content (AvgIpc) is 3.44. The van der Waals surface area contributed by atoms with Crippen molar-refractivity contribution in [2.75, 3.05) is 4.90 Å². The number of nitrogens with zero attached hydrogens (tertiary/aromatic N) is 4. The van der Waals surface area contributed by atoms with Crippen LogP contribution in [0.5, 0.6) is 0 Å². The van der Waals surface area contributed by atoms with Gasteiger partial charge < -0.3 is 14.8 Å². The second-order valence-corrected chi connectivity index (χ2v) is 8.30. The summed E-state index contributed by atoms with van der Waals surface area (Å²) >= 11 is 5.79. The maximum Gasteiger partial charge on any atom is 0.271 e. The van der Waals surface area contributed by atoms with Gasteiger partial charge in [0.25, 0.3) is 5.69 Å². The Morgan fingerprint density at radius 1 is 1.00 bits per heavy atom. The van der Waals surface area contributed by atoms with E-state index in [1.807, 2.05) is 54.1 Å². The van der Waals surface area contributed by atoms with Crippen LogP contribution in [0.25, 0.3) is 5.69 Å². The van der Waals surface area contributed by atoms with Crippen molar-refractivity contribution in [3.63, 3.8) is 0 Å². The summed E-state index contributed by atoms with van der Waals surface area (Å²) in [5.74, 6) is 0. The quantitative estimate of drug-likeness (QED) is 0.251. The Labute approximate surface area is 196 Å². The maximum absolute atomic E-state index is 11.4. The van der Waals surface area contributed by atoms with E-state index in [1.165, 1.54) is 6.07 Å². The first-order valence-corrected chi connectivity index (χ1v) is 10.9. The number of hydrogen-bond acceptors (Lipinski definition) is 4. The second kappa shape index (κ2) is 8.48. The lowest BCUT2D eigenvalue weighted by Crippen LogP contribution is -2.30. The van der Waals surface area contributed by atoms with Gasteiger partial charge in [-0.2, -0.15) is 0 Å². The van der Waals surface area contributed by atoms with E-state index in [2.05, 4.69) is 39.5 Å². The predicted octanol–water partition coefficient (Wildman–Crippen LogP) is 5.27. The summed E-state index contributed by atoms with van der Waals surface area (Å²) in [6.07, 6.45) is 3.68. The van der Waals surface area contributed by atoms with E-state index in [4.69, 9.17) is 12.2 Å². The fourth-order valence-corrected chi connectivity index (χ4v) is 4.61. The fourth-order valence-electron chi connectivity index (χ4n) is 4.27. The predicted molar refractivity (Wildman–Crippen MR) is 132 cm³/mol. The number of nitrogens with one attached hydrogen (secondary N) is 1. The zero-order valence-corrected chi connectivity index (χ0v) is 18.6. The second-order valence-electron chi connectivity index (χ2n) is 7.91. The molecule has 164 valence electrons. The Hall–Kier alpha value is -4.04. The lowest BCUT2D eigenvalue weighted by atomic mass is 10.0. The largest absolute Gasteiger partial charge is 0.351 e. The van der Waals surface area contributed by atoms with Gasteiger partial charge in [0, 0.05) is 35.9 Å². The summed E-state index contributed by atoms with van der Waals surface area (Å²) in [7, 11) is 0. The van der Waals surface area contributed by atoms with Gasteiger partial charge in [-0.25, -0.2) is 0 Å². The van der Waals surface area contributed by atoms with E-state index in [1.54, 1.807) is 18.3 Å². The lowest BCUT2D eigenvalue weighted by Gasteiger charge is -2.29. The molecule has 4 aromatic rings. The fraction of sp³-hybridized carbons (Fsp3) is 0.120. The van der Waals surface area contributed by atoms with Gasteiger partial charge in [-0.3, -0.25) is 15.1 Å². The molecule has 7 nitrogen and oxygen atoms in total. The van der Waals surface area contributed by atoms with Gasteiger partial charge in [-0.1, -0.05) is 29.8 Å². The van der Waals surface area contributed by atoms with Crippen LogP contribution in [0.3, 0.4) is 0 Å². The van der Waals surface area contributed by atoms with Crippen LogP contribution in [0.15, 0.2) is 91.3 Å². The van der Waals surface area contributed by atoms with Crippen LogP contribution in [0.4, 0.5) is 11.4 Å². The van der Waals surface area contributed by atoms with Gasteiger partial charge in [-0.05, 0) is 61.6 Å². The molecular weight excluding hydrogens is 434 g/mol. The maximum atomic E-state index is 11.4. The smallest absolute Gasteiger partial charge is 0.271 e. The molecule has 1 N–H and O–H groups in total. The molecule has 2 atom stereocenters. The molecule has 8 heteroatoms. The van der Waals surface area contributed by atoms with Gasteiger partial charge in [0.15, 0.2) is 5.11 Å². The average molecular weight is 456 g/mol. The molecule has 0 unspecified atom stereocenters. The summed E-state index contributed by atoms with van der Waals surface area (Å²) < 4.78 is 1.98.